The fraction of sp³-hybridized carbons (Fsp3) is 0.667. The van der Waals surface area contributed by atoms with E-state index in [9.17, 15) is 8.42 Å². The van der Waals surface area contributed by atoms with E-state index in [1.165, 1.54) is 6.26 Å². The fourth-order valence-electron chi connectivity index (χ4n) is 7.11. The van der Waals surface area contributed by atoms with Crippen LogP contribution in [0.1, 0.15) is 54.3 Å². The average molecular weight is 558 g/mol. The number of hydrogen-bond acceptors (Lipinski definition) is 10. The van der Waals surface area contributed by atoms with Crippen LogP contribution in [0.15, 0.2) is 24.5 Å². The number of ether oxygens (including phenoxy) is 2. The Kier molecular flexibility index (Phi) is 6.92. The highest BCUT2D eigenvalue weighted by Gasteiger charge is 2.54. The minimum atomic E-state index is -3.09. The smallest absolute Gasteiger partial charge is 0.211 e. The van der Waals surface area contributed by atoms with Crippen LogP contribution in [0.2, 0.25) is 0 Å². The zero-order chi connectivity index (χ0) is 27.5. The number of nitrogens with one attached hydrogen (secondary N) is 2. The molecule has 1 saturated carbocycles. The summed E-state index contributed by atoms with van der Waals surface area (Å²) in [6.07, 6.45) is 6.62. The van der Waals surface area contributed by atoms with Crippen LogP contribution in [-0.2, 0) is 19.5 Å². The van der Waals surface area contributed by atoms with Crippen LogP contribution in [0.5, 0.6) is 0 Å². The molecule has 11 nitrogen and oxygen atoms in total. The van der Waals surface area contributed by atoms with Crippen molar-refractivity contribution >= 4 is 15.8 Å². The molecular weight excluding hydrogens is 518 g/mol. The highest BCUT2D eigenvalue weighted by atomic mass is 32.2. The molecule has 3 aliphatic heterocycles. The first-order chi connectivity index (χ1) is 18.6. The maximum absolute atomic E-state index is 11.7. The Bertz CT molecular complexity index is 1290. The molecule has 5 heterocycles. The van der Waals surface area contributed by atoms with Gasteiger partial charge in [-0.2, -0.15) is 10.2 Å². The Hall–Kier alpha value is -2.22. The highest BCUT2D eigenvalue weighted by Crippen LogP contribution is 2.44. The third-order valence-corrected chi connectivity index (χ3v) is 10.3. The van der Waals surface area contributed by atoms with Crippen molar-refractivity contribution < 1.29 is 17.9 Å². The predicted molar refractivity (Wildman–Crippen MR) is 146 cm³/mol. The molecule has 0 amide bonds. The summed E-state index contributed by atoms with van der Waals surface area (Å²) in [5.74, 6) is 1.28. The van der Waals surface area contributed by atoms with Crippen molar-refractivity contribution in [1.29, 1.82) is 0 Å². The third-order valence-electron chi connectivity index (χ3n) is 9.14. The van der Waals surface area contributed by atoms with Crippen LogP contribution < -0.4 is 15.8 Å². The molecule has 2 aromatic heterocycles. The molecule has 0 aromatic carbocycles. The number of sulfonamides is 1. The number of hydrazine groups is 1. The monoisotopic (exact) mass is 557 g/mol. The fourth-order valence-corrected chi connectivity index (χ4v) is 8.12. The van der Waals surface area contributed by atoms with E-state index >= 15 is 0 Å². The van der Waals surface area contributed by atoms with E-state index in [2.05, 4.69) is 51.9 Å². The van der Waals surface area contributed by atoms with Crippen LogP contribution in [-0.4, -0.2) is 85.7 Å². The van der Waals surface area contributed by atoms with Gasteiger partial charge in [0.1, 0.15) is 5.82 Å². The Morgan fingerprint density at radius 1 is 1.08 bits per heavy atom. The molecule has 1 spiro atoms. The summed E-state index contributed by atoms with van der Waals surface area (Å²) in [7, 11) is -1.33. The lowest BCUT2D eigenvalue weighted by atomic mass is 9.74. The lowest BCUT2D eigenvalue weighted by Gasteiger charge is -2.59. The van der Waals surface area contributed by atoms with Gasteiger partial charge in [-0.3, -0.25) is 5.43 Å². The lowest BCUT2D eigenvalue weighted by Crippen LogP contribution is -2.73. The molecule has 4 fully saturated rings. The summed E-state index contributed by atoms with van der Waals surface area (Å²) in [4.78, 5) is 7.03. The highest BCUT2D eigenvalue weighted by molar-refractivity contribution is 7.88. The number of aromatic nitrogens is 3. The largest absolute Gasteiger partial charge is 0.379 e. The zero-order valence-corrected chi connectivity index (χ0v) is 24.1. The minimum absolute atomic E-state index is 0.00141. The third kappa shape index (κ3) is 4.95. The van der Waals surface area contributed by atoms with Crippen molar-refractivity contribution in [3.63, 3.8) is 0 Å². The van der Waals surface area contributed by atoms with Crippen LogP contribution in [0.25, 0.3) is 0 Å². The second-order valence-corrected chi connectivity index (χ2v) is 13.9. The van der Waals surface area contributed by atoms with Crippen molar-refractivity contribution in [2.45, 2.75) is 64.0 Å². The summed E-state index contributed by atoms with van der Waals surface area (Å²) in [5.41, 5.74) is 11.3. The van der Waals surface area contributed by atoms with Gasteiger partial charge in [0, 0.05) is 56.5 Å². The molecule has 39 heavy (non-hydrogen) atoms. The van der Waals surface area contributed by atoms with E-state index < -0.39 is 10.0 Å². The molecule has 2 aromatic rings. The summed E-state index contributed by atoms with van der Waals surface area (Å²) in [6.45, 7) is 9.04. The Balaban J connectivity index is 1.10. The molecule has 3 saturated heterocycles. The lowest BCUT2D eigenvalue weighted by molar-refractivity contribution is -0.117. The molecule has 6 rings (SSSR count). The number of nitrogens with zero attached hydrogens (tertiary/aromatic N) is 5. The standard InChI is InChI=1S/C27H39N7O4S/c1-16-10-29-30-17(2)25(16)18(3)38-23-8-20-21(9-22(23)37-4)31-32-26(20)19-6-7-24(28-11-19)33-12-27(13-33)14-34(15-27)39(5,35)36/h6-7,10-11,18,20-23,26,31-32H,8-9,12-15H2,1-5H3/t18-,20?,21?,22?,23?,26?/m0/s1. The van der Waals surface area contributed by atoms with Crippen molar-refractivity contribution in [1.82, 2.24) is 30.3 Å². The number of fused-ring (bicyclic) bond motifs is 1. The SMILES string of the molecule is COC1CC2NNC(c3ccc(N4CC5(C4)CN(S(C)(=O)=O)C5)nc3)C2CC1O[C@@H](C)c1c(C)cnnc1C. The maximum Gasteiger partial charge on any atom is 0.211 e. The van der Waals surface area contributed by atoms with Crippen LogP contribution in [0.3, 0.4) is 0 Å². The molecule has 4 aliphatic rings. The molecule has 5 unspecified atom stereocenters. The van der Waals surface area contributed by atoms with E-state index in [4.69, 9.17) is 14.5 Å². The second-order valence-electron chi connectivity index (χ2n) is 12.0. The molecule has 212 valence electrons. The van der Waals surface area contributed by atoms with E-state index in [1.54, 1.807) is 17.6 Å². The van der Waals surface area contributed by atoms with Gasteiger partial charge in [0.05, 0.1) is 42.5 Å². The number of anilines is 1. The van der Waals surface area contributed by atoms with E-state index in [0.29, 0.717) is 19.0 Å². The minimum Gasteiger partial charge on any atom is -0.379 e. The van der Waals surface area contributed by atoms with Gasteiger partial charge in [-0.05, 0) is 56.7 Å². The van der Waals surface area contributed by atoms with E-state index in [0.717, 1.165) is 54.1 Å². The van der Waals surface area contributed by atoms with Gasteiger partial charge in [0.15, 0.2) is 0 Å². The van der Waals surface area contributed by atoms with Gasteiger partial charge in [-0.25, -0.2) is 23.1 Å². The van der Waals surface area contributed by atoms with Gasteiger partial charge in [-0.1, -0.05) is 6.07 Å². The molecule has 6 atom stereocenters. The Morgan fingerprint density at radius 2 is 1.85 bits per heavy atom. The van der Waals surface area contributed by atoms with Crippen molar-refractivity contribution in [2.24, 2.45) is 11.3 Å². The number of rotatable bonds is 7. The molecular formula is C27H39N7O4S. The summed E-state index contributed by atoms with van der Waals surface area (Å²) >= 11 is 0. The van der Waals surface area contributed by atoms with Crippen LogP contribution in [0, 0.1) is 25.2 Å². The first-order valence-electron chi connectivity index (χ1n) is 13.7. The van der Waals surface area contributed by atoms with Crippen LogP contribution >= 0.6 is 0 Å². The summed E-state index contributed by atoms with van der Waals surface area (Å²) in [5, 5.41) is 8.30. The number of hydrogen-bond donors (Lipinski definition) is 2. The van der Waals surface area contributed by atoms with Crippen LogP contribution in [0.4, 0.5) is 5.82 Å². The Labute approximate surface area is 230 Å². The van der Waals surface area contributed by atoms with E-state index in [1.807, 2.05) is 13.1 Å². The molecule has 1 aliphatic carbocycles. The number of pyridine rings is 1. The van der Waals surface area contributed by atoms with Gasteiger partial charge >= 0.3 is 0 Å². The Morgan fingerprint density at radius 3 is 2.49 bits per heavy atom. The van der Waals surface area contributed by atoms with Gasteiger partial charge in [0.2, 0.25) is 10.0 Å². The first-order valence-corrected chi connectivity index (χ1v) is 15.6. The normalized spacial score (nSPS) is 31.0. The average Bonchev–Trinajstić information content (AvgIpc) is 3.24. The molecule has 0 radical (unpaired) electrons. The number of aryl methyl sites for hydroxylation is 2. The van der Waals surface area contributed by atoms with Crippen molar-refractivity contribution in [3.8, 4) is 0 Å². The first kappa shape index (κ1) is 27.0. The zero-order valence-electron chi connectivity index (χ0n) is 23.3. The quantitative estimate of drug-likeness (QED) is 0.520. The summed E-state index contributed by atoms with van der Waals surface area (Å²) in [6, 6.07) is 4.66. The van der Waals surface area contributed by atoms with Crippen molar-refractivity contribution in [3.05, 3.63) is 46.9 Å². The number of methoxy groups -OCH3 is 1. The van der Waals surface area contributed by atoms with Crippen molar-refractivity contribution in [2.75, 3.05) is 44.4 Å². The van der Waals surface area contributed by atoms with E-state index in [-0.39, 0.29) is 35.8 Å². The topological polar surface area (TPSA) is 122 Å². The molecule has 12 heteroatoms. The maximum atomic E-state index is 11.7. The predicted octanol–water partition coefficient (Wildman–Crippen LogP) is 1.66. The molecule has 0 bridgehead atoms. The van der Waals surface area contributed by atoms with Gasteiger partial charge in [-0.15, -0.1) is 0 Å². The van der Waals surface area contributed by atoms with Gasteiger partial charge in [0.25, 0.3) is 0 Å². The molecule has 2 N–H and O–H groups in total. The second kappa shape index (κ2) is 10.0. The summed E-state index contributed by atoms with van der Waals surface area (Å²) < 4.78 is 37.6. The van der Waals surface area contributed by atoms with Gasteiger partial charge < -0.3 is 14.4 Å².